The van der Waals surface area contributed by atoms with E-state index in [2.05, 4.69) is 26.7 Å². The zero-order valence-electron chi connectivity index (χ0n) is 20.0. The van der Waals surface area contributed by atoms with Gasteiger partial charge in [0, 0.05) is 25.0 Å². The summed E-state index contributed by atoms with van der Waals surface area (Å²) in [7, 11) is 0. The lowest BCUT2D eigenvalue weighted by atomic mass is 10.2. The van der Waals surface area contributed by atoms with Crippen LogP contribution in [0.1, 0.15) is 42.3 Å². The minimum Gasteiger partial charge on any atom is -0.459 e. The number of fused-ring (bicyclic) bond motifs is 1. The van der Waals surface area contributed by atoms with E-state index in [0.29, 0.717) is 18.3 Å². The second-order valence-electron chi connectivity index (χ2n) is 9.21. The number of amides is 1. The Labute approximate surface area is 203 Å². The Balaban J connectivity index is 1.56. The van der Waals surface area contributed by atoms with Crippen LogP contribution in [0, 0.1) is 5.82 Å². The number of hydrogen-bond acceptors (Lipinski definition) is 7. The molecule has 0 aliphatic carbocycles. The second kappa shape index (κ2) is 10.1. The summed E-state index contributed by atoms with van der Waals surface area (Å²) in [6.45, 7) is 6.03. The maximum absolute atomic E-state index is 13.3. The molecule has 1 aliphatic rings. The lowest BCUT2D eigenvalue weighted by molar-refractivity contribution is -0.153. The molecule has 0 unspecified atom stereocenters. The van der Waals surface area contributed by atoms with Gasteiger partial charge in [-0.1, -0.05) is 30.3 Å². The molecule has 0 saturated carbocycles. The average molecular weight is 478 g/mol. The first-order chi connectivity index (χ1) is 16.7. The van der Waals surface area contributed by atoms with Crippen molar-refractivity contribution < 1.29 is 18.7 Å². The molecule has 2 heterocycles. The molecule has 0 bridgehead atoms. The van der Waals surface area contributed by atoms with Gasteiger partial charge in [-0.15, -0.1) is 0 Å². The SMILES string of the molecule is CC(C)(C)OC(=O)CNC(=O)c1cnc(N2CCc3ccccc32)nc1NCc1ccc(F)cc1. The molecular formula is C26H28FN5O3. The summed E-state index contributed by atoms with van der Waals surface area (Å²) in [5.74, 6) is -0.609. The number of aromatic nitrogens is 2. The Morgan fingerprint density at radius 1 is 1.11 bits per heavy atom. The van der Waals surface area contributed by atoms with Crippen molar-refractivity contribution in [3.8, 4) is 0 Å². The third-order valence-electron chi connectivity index (χ3n) is 5.34. The van der Waals surface area contributed by atoms with Crippen molar-refractivity contribution in [2.45, 2.75) is 39.3 Å². The predicted molar refractivity (Wildman–Crippen MR) is 131 cm³/mol. The van der Waals surface area contributed by atoms with Crippen molar-refractivity contribution in [1.82, 2.24) is 15.3 Å². The van der Waals surface area contributed by atoms with Gasteiger partial charge >= 0.3 is 5.97 Å². The maximum Gasteiger partial charge on any atom is 0.325 e. The molecule has 0 saturated heterocycles. The standard InChI is InChI=1S/C26H28FN5O3/c1-26(2,3)35-22(33)16-29-24(34)20-15-30-25(32-13-12-18-6-4-5-7-21(18)32)31-23(20)28-14-17-8-10-19(27)11-9-17/h4-11,15H,12-14,16H2,1-3H3,(H,29,34)(H,28,30,31). The van der Waals surface area contributed by atoms with Crippen LogP contribution in [0.4, 0.5) is 21.8 Å². The Kier molecular flexibility index (Phi) is 6.95. The minimum absolute atomic E-state index is 0.187. The number of carbonyl (C=O) groups excluding carboxylic acids is 2. The molecule has 2 N–H and O–H groups in total. The van der Waals surface area contributed by atoms with Crippen molar-refractivity contribution in [1.29, 1.82) is 0 Å². The van der Waals surface area contributed by atoms with Crippen molar-refractivity contribution in [2.75, 3.05) is 23.3 Å². The Morgan fingerprint density at radius 3 is 2.60 bits per heavy atom. The van der Waals surface area contributed by atoms with E-state index in [-0.39, 0.29) is 17.9 Å². The molecule has 0 fully saturated rings. The normalized spacial score (nSPS) is 12.7. The number of hydrogen-bond donors (Lipinski definition) is 2. The van der Waals surface area contributed by atoms with E-state index in [1.54, 1.807) is 32.9 Å². The van der Waals surface area contributed by atoms with Gasteiger partial charge in [0.25, 0.3) is 5.91 Å². The number of esters is 1. The van der Waals surface area contributed by atoms with Crippen LogP contribution in [0.15, 0.2) is 54.7 Å². The molecule has 3 aromatic rings. The predicted octanol–water partition coefficient (Wildman–Crippen LogP) is 3.99. The van der Waals surface area contributed by atoms with E-state index >= 15 is 0 Å². The molecule has 1 aliphatic heterocycles. The molecule has 1 amide bonds. The number of anilines is 3. The van der Waals surface area contributed by atoms with E-state index in [0.717, 1.165) is 24.2 Å². The monoisotopic (exact) mass is 477 g/mol. The van der Waals surface area contributed by atoms with Crippen molar-refractivity contribution >= 4 is 29.3 Å². The number of nitrogens with zero attached hydrogens (tertiary/aromatic N) is 3. The van der Waals surface area contributed by atoms with E-state index in [9.17, 15) is 14.0 Å². The zero-order valence-corrected chi connectivity index (χ0v) is 20.0. The Hall–Kier alpha value is -4.01. The van der Waals surface area contributed by atoms with Crippen LogP contribution in [-0.2, 0) is 22.5 Å². The van der Waals surface area contributed by atoms with Gasteiger partial charge in [0.05, 0.1) is 0 Å². The summed E-state index contributed by atoms with van der Waals surface area (Å²) < 4.78 is 18.5. The van der Waals surface area contributed by atoms with Crippen LogP contribution in [0.25, 0.3) is 0 Å². The smallest absolute Gasteiger partial charge is 0.325 e. The van der Waals surface area contributed by atoms with Crippen molar-refractivity contribution in [3.63, 3.8) is 0 Å². The quantitative estimate of drug-likeness (QED) is 0.497. The molecular weight excluding hydrogens is 449 g/mol. The van der Waals surface area contributed by atoms with Gasteiger partial charge in [-0.25, -0.2) is 9.37 Å². The summed E-state index contributed by atoms with van der Waals surface area (Å²) >= 11 is 0. The molecule has 4 rings (SSSR count). The van der Waals surface area contributed by atoms with Crippen molar-refractivity contribution in [3.05, 3.63) is 77.2 Å². The lowest BCUT2D eigenvalue weighted by Crippen LogP contribution is -2.35. The first kappa shape index (κ1) is 24.1. The van der Waals surface area contributed by atoms with E-state index in [1.807, 2.05) is 23.1 Å². The van der Waals surface area contributed by atoms with Crippen LogP contribution in [0.2, 0.25) is 0 Å². The van der Waals surface area contributed by atoms with Crippen LogP contribution >= 0.6 is 0 Å². The Morgan fingerprint density at radius 2 is 1.86 bits per heavy atom. The number of benzene rings is 2. The van der Waals surface area contributed by atoms with Crippen LogP contribution < -0.4 is 15.5 Å². The number of para-hydroxylation sites is 1. The highest BCUT2D eigenvalue weighted by molar-refractivity contribution is 6.00. The topological polar surface area (TPSA) is 96.4 Å². The summed E-state index contributed by atoms with van der Waals surface area (Å²) in [4.78, 5) is 36.1. The fraction of sp³-hybridized carbons (Fsp3) is 0.308. The number of rotatable bonds is 7. The third kappa shape index (κ3) is 6.11. The molecule has 8 nitrogen and oxygen atoms in total. The summed E-state index contributed by atoms with van der Waals surface area (Å²) in [5, 5.41) is 5.74. The lowest BCUT2D eigenvalue weighted by Gasteiger charge is -2.20. The van der Waals surface area contributed by atoms with Gasteiger partial charge in [0.15, 0.2) is 0 Å². The molecule has 182 valence electrons. The first-order valence-electron chi connectivity index (χ1n) is 11.4. The minimum atomic E-state index is -0.652. The highest BCUT2D eigenvalue weighted by atomic mass is 19.1. The van der Waals surface area contributed by atoms with Gasteiger partial charge in [0.2, 0.25) is 5.95 Å². The molecule has 2 aromatic carbocycles. The van der Waals surface area contributed by atoms with Gasteiger partial charge in [-0.3, -0.25) is 9.59 Å². The third-order valence-corrected chi connectivity index (χ3v) is 5.34. The first-order valence-corrected chi connectivity index (χ1v) is 11.4. The molecule has 35 heavy (non-hydrogen) atoms. The molecule has 9 heteroatoms. The zero-order chi connectivity index (χ0) is 25.0. The summed E-state index contributed by atoms with van der Waals surface area (Å²) in [5.41, 5.74) is 2.58. The number of ether oxygens (including phenoxy) is 1. The van der Waals surface area contributed by atoms with Crippen molar-refractivity contribution in [2.24, 2.45) is 0 Å². The molecule has 0 atom stereocenters. The maximum atomic E-state index is 13.3. The van der Waals surface area contributed by atoms with E-state index < -0.39 is 17.5 Å². The summed E-state index contributed by atoms with van der Waals surface area (Å²) in [6.07, 6.45) is 2.32. The number of halogens is 1. The highest BCUT2D eigenvalue weighted by Gasteiger charge is 2.24. The fourth-order valence-electron chi connectivity index (χ4n) is 3.76. The fourth-order valence-corrected chi connectivity index (χ4v) is 3.76. The molecule has 0 spiro atoms. The van der Waals surface area contributed by atoms with Crippen LogP contribution in [-0.4, -0.2) is 40.5 Å². The average Bonchev–Trinajstić information content (AvgIpc) is 3.25. The number of carbonyl (C=O) groups is 2. The highest BCUT2D eigenvalue weighted by Crippen LogP contribution is 2.33. The largest absolute Gasteiger partial charge is 0.459 e. The van der Waals surface area contributed by atoms with Gasteiger partial charge in [0.1, 0.15) is 29.3 Å². The van der Waals surface area contributed by atoms with Crippen LogP contribution in [0.5, 0.6) is 0 Å². The number of nitrogens with one attached hydrogen (secondary N) is 2. The van der Waals surface area contributed by atoms with Gasteiger partial charge in [-0.2, -0.15) is 4.98 Å². The molecule has 1 aromatic heterocycles. The van der Waals surface area contributed by atoms with Crippen LogP contribution in [0.3, 0.4) is 0 Å². The van der Waals surface area contributed by atoms with E-state index in [1.165, 1.54) is 23.9 Å². The molecule has 0 radical (unpaired) electrons. The van der Waals surface area contributed by atoms with Gasteiger partial charge in [-0.05, 0) is 56.5 Å². The van der Waals surface area contributed by atoms with E-state index in [4.69, 9.17) is 4.74 Å². The Bertz CT molecular complexity index is 1220. The van der Waals surface area contributed by atoms with Gasteiger partial charge < -0.3 is 20.3 Å². The summed E-state index contributed by atoms with van der Waals surface area (Å²) in [6, 6.07) is 14.1. The second-order valence-corrected chi connectivity index (χ2v) is 9.21.